The lowest BCUT2D eigenvalue weighted by molar-refractivity contribution is 0.513. The zero-order valence-corrected chi connectivity index (χ0v) is 14.2. The largest absolute Gasteiger partial charge is 0.326 e. The molecule has 4 nitrogen and oxygen atoms in total. The van der Waals surface area contributed by atoms with Gasteiger partial charge in [0.05, 0.1) is 10.9 Å². The van der Waals surface area contributed by atoms with Crippen LogP contribution in [0.4, 0.5) is 0 Å². The second kappa shape index (κ2) is 6.73. The molecule has 0 saturated heterocycles. The van der Waals surface area contributed by atoms with Crippen LogP contribution in [0.1, 0.15) is 18.5 Å². The Labute approximate surface area is 142 Å². The fourth-order valence-corrected chi connectivity index (χ4v) is 4.35. The summed E-state index contributed by atoms with van der Waals surface area (Å²) in [5.74, 6) is 0. The predicted molar refractivity (Wildman–Crippen MR) is 97.1 cm³/mol. The minimum Gasteiger partial charge on any atom is -0.326 e. The molecule has 124 valence electrons. The molecule has 3 aromatic rings. The zero-order chi connectivity index (χ0) is 17.2. The van der Waals surface area contributed by atoms with Gasteiger partial charge in [-0.2, -0.15) is 0 Å². The van der Waals surface area contributed by atoms with Gasteiger partial charge in [0.15, 0.2) is 0 Å². The van der Waals surface area contributed by atoms with Gasteiger partial charge in [-0.3, -0.25) is 0 Å². The molecule has 2 atom stereocenters. The van der Waals surface area contributed by atoms with E-state index >= 15 is 0 Å². The fraction of sp³-hybridized carbons (Fsp3) is 0.158. The molecule has 3 rings (SSSR count). The lowest BCUT2D eigenvalue weighted by Crippen LogP contribution is -2.39. The van der Waals surface area contributed by atoms with E-state index in [9.17, 15) is 8.42 Å². The lowest BCUT2D eigenvalue weighted by Gasteiger charge is -2.23. The molecule has 0 aliphatic heterocycles. The van der Waals surface area contributed by atoms with Crippen LogP contribution in [0.15, 0.2) is 77.7 Å². The van der Waals surface area contributed by atoms with Crippen molar-refractivity contribution in [2.75, 3.05) is 0 Å². The van der Waals surface area contributed by atoms with Gasteiger partial charge in [0.25, 0.3) is 0 Å². The van der Waals surface area contributed by atoms with Crippen LogP contribution in [0.5, 0.6) is 0 Å². The molecule has 0 saturated carbocycles. The summed E-state index contributed by atoms with van der Waals surface area (Å²) in [6.07, 6.45) is 0. The molecule has 0 aliphatic rings. The van der Waals surface area contributed by atoms with Crippen molar-refractivity contribution in [1.29, 1.82) is 0 Å². The highest BCUT2D eigenvalue weighted by Crippen LogP contribution is 2.25. The lowest BCUT2D eigenvalue weighted by atomic mass is 10.0. The molecule has 3 aromatic carbocycles. The Morgan fingerprint density at radius 3 is 2.21 bits per heavy atom. The van der Waals surface area contributed by atoms with Crippen LogP contribution in [-0.2, 0) is 10.0 Å². The molecule has 0 heterocycles. The Morgan fingerprint density at radius 2 is 1.50 bits per heavy atom. The number of sulfonamides is 1. The van der Waals surface area contributed by atoms with Gasteiger partial charge in [0.2, 0.25) is 10.0 Å². The summed E-state index contributed by atoms with van der Waals surface area (Å²) in [6, 6.07) is 21.2. The second-order valence-electron chi connectivity index (χ2n) is 5.85. The predicted octanol–water partition coefficient (Wildman–Crippen LogP) is 3.21. The van der Waals surface area contributed by atoms with Crippen molar-refractivity contribution >= 4 is 20.8 Å². The number of nitrogens with one attached hydrogen (secondary N) is 1. The molecule has 0 radical (unpaired) electrons. The van der Waals surface area contributed by atoms with Gasteiger partial charge in [-0.25, -0.2) is 13.1 Å². The number of hydrogen-bond acceptors (Lipinski definition) is 3. The third-order valence-corrected chi connectivity index (χ3v) is 5.50. The van der Waals surface area contributed by atoms with Gasteiger partial charge >= 0.3 is 0 Å². The van der Waals surface area contributed by atoms with E-state index in [2.05, 4.69) is 4.72 Å². The van der Waals surface area contributed by atoms with Crippen LogP contribution in [0.3, 0.4) is 0 Å². The summed E-state index contributed by atoms with van der Waals surface area (Å²) >= 11 is 0. The maximum absolute atomic E-state index is 13.0. The maximum atomic E-state index is 13.0. The third-order valence-electron chi connectivity index (χ3n) is 4.01. The molecule has 0 unspecified atom stereocenters. The first kappa shape index (κ1) is 16.6. The topological polar surface area (TPSA) is 72.2 Å². The Hall–Kier alpha value is -2.21. The van der Waals surface area contributed by atoms with E-state index in [1.54, 1.807) is 19.1 Å². The number of benzene rings is 3. The average Bonchev–Trinajstić information content (AvgIpc) is 2.60. The van der Waals surface area contributed by atoms with Crippen LogP contribution in [0.2, 0.25) is 0 Å². The summed E-state index contributed by atoms with van der Waals surface area (Å²) < 4.78 is 28.7. The monoisotopic (exact) mass is 340 g/mol. The van der Waals surface area contributed by atoms with E-state index < -0.39 is 16.1 Å². The van der Waals surface area contributed by atoms with Crippen molar-refractivity contribution < 1.29 is 8.42 Å². The van der Waals surface area contributed by atoms with Crippen LogP contribution in [0.25, 0.3) is 10.8 Å². The summed E-state index contributed by atoms with van der Waals surface area (Å²) in [6.45, 7) is 1.79. The first-order chi connectivity index (χ1) is 11.5. The first-order valence-corrected chi connectivity index (χ1v) is 9.28. The first-order valence-electron chi connectivity index (χ1n) is 7.79. The summed E-state index contributed by atoms with van der Waals surface area (Å²) in [5.41, 5.74) is 6.88. The molecule has 5 heteroatoms. The van der Waals surface area contributed by atoms with Crippen molar-refractivity contribution in [3.8, 4) is 0 Å². The van der Waals surface area contributed by atoms with Crippen molar-refractivity contribution in [3.05, 3.63) is 78.4 Å². The Morgan fingerprint density at radius 1 is 0.875 bits per heavy atom. The number of fused-ring (bicyclic) bond motifs is 1. The molecule has 0 fully saturated rings. The zero-order valence-electron chi connectivity index (χ0n) is 13.4. The highest BCUT2D eigenvalue weighted by molar-refractivity contribution is 7.89. The second-order valence-corrected chi connectivity index (χ2v) is 7.53. The summed E-state index contributed by atoms with van der Waals surface area (Å²) in [7, 11) is -3.71. The minimum absolute atomic E-state index is 0.266. The van der Waals surface area contributed by atoms with Crippen LogP contribution >= 0.6 is 0 Å². The molecule has 0 aliphatic carbocycles. The van der Waals surface area contributed by atoms with Crippen molar-refractivity contribution in [3.63, 3.8) is 0 Å². The van der Waals surface area contributed by atoms with E-state index in [0.717, 1.165) is 10.9 Å². The van der Waals surface area contributed by atoms with Crippen LogP contribution < -0.4 is 10.5 Å². The van der Waals surface area contributed by atoms with Crippen molar-refractivity contribution in [2.24, 2.45) is 5.73 Å². The maximum Gasteiger partial charge on any atom is 0.241 e. The molecule has 0 amide bonds. The Kier molecular flexibility index (Phi) is 4.66. The van der Waals surface area contributed by atoms with E-state index in [0.29, 0.717) is 5.39 Å². The fourth-order valence-electron chi connectivity index (χ4n) is 2.80. The van der Waals surface area contributed by atoms with Gasteiger partial charge in [0, 0.05) is 11.4 Å². The number of rotatable bonds is 5. The minimum atomic E-state index is -3.71. The van der Waals surface area contributed by atoms with Crippen molar-refractivity contribution in [1.82, 2.24) is 4.72 Å². The molecule has 0 aromatic heterocycles. The quantitative estimate of drug-likeness (QED) is 0.749. The van der Waals surface area contributed by atoms with Crippen LogP contribution in [-0.4, -0.2) is 14.5 Å². The van der Waals surface area contributed by atoms with Gasteiger partial charge in [0.1, 0.15) is 0 Å². The summed E-state index contributed by atoms with van der Waals surface area (Å²) in [4.78, 5) is 0.266. The SMILES string of the molecule is C[C@H](N)[C@@H](NS(=O)(=O)c1cccc2ccccc12)c1ccccc1. The molecular formula is C19H20N2O2S. The van der Waals surface area contributed by atoms with E-state index in [-0.39, 0.29) is 10.9 Å². The molecule has 0 spiro atoms. The standard InChI is InChI=1S/C19H20N2O2S/c1-14(20)19(16-9-3-2-4-10-16)21-24(22,23)18-13-7-11-15-8-5-6-12-17(15)18/h2-14,19,21H,20H2,1H3/t14-,19+/m0/s1. The van der Waals surface area contributed by atoms with Gasteiger partial charge in [-0.05, 0) is 23.9 Å². The summed E-state index contributed by atoms with van der Waals surface area (Å²) in [5, 5.41) is 1.58. The van der Waals surface area contributed by atoms with Crippen molar-refractivity contribution in [2.45, 2.75) is 23.9 Å². The average molecular weight is 340 g/mol. The highest BCUT2D eigenvalue weighted by Gasteiger charge is 2.25. The normalized spacial score (nSPS) is 14.4. The molecule has 0 bridgehead atoms. The van der Waals surface area contributed by atoms with E-state index in [1.165, 1.54) is 0 Å². The highest BCUT2D eigenvalue weighted by atomic mass is 32.2. The number of nitrogens with two attached hydrogens (primary N) is 1. The van der Waals surface area contributed by atoms with Gasteiger partial charge in [-0.1, -0.05) is 66.7 Å². The van der Waals surface area contributed by atoms with Crippen LogP contribution in [0, 0.1) is 0 Å². The molecule has 24 heavy (non-hydrogen) atoms. The number of hydrogen-bond donors (Lipinski definition) is 2. The van der Waals surface area contributed by atoms with E-state index in [4.69, 9.17) is 5.73 Å². The molecular weight excluding hydrogens is 320 g/mol. The smallest absolute Gasteiger partial charge is 0.241 e. The van der Waals surface area contributed by atoms with Gasteiger partial charge < -0.3 is 5.73 Å². The third kappa shape index (κ3) is 3.33. The molecule has 3 N–H and O–H groups in total. The van der Waals surface area contributed by atoms with Gasteiger partial charge in [-0.15, -0.1) is 0 Å². The Bertz CT molecular complexity index is 933. The van der Waals surface area contributed by atoms with E-state index in [1.807, 2.05) is 60.7 Å². The Balaban J connectivity index is 2.03.